The second-order valence-electron chi connectivity index (χ2n) is 7.41. The number of fused-ring (bicyclic) bond motifs is 1. The van der Waals surface area contributed by atoms with E-state index < -0.39 is 6.04 Å². The van der Waals surface area contributed by atoms with Crippen molar-refractivity contribution in [1.82, 2.24) is 20.2 Å². The van der Waals surface area contributed by atoms with E-state index in [2.05, 4.69) is 33.0 Å². The third-order valence-electron chi connectivity index (χ3n) is 5.79. The number of nitrogens with one attached hydrogen (secondary N) is 1. The molecular formula is C22H21N5O3. The number of nitrogens with zero attached hydrogens (tertiary/aromatic N) is 4. The largest absolute Gasteiger partial charge is 0.497 e. The monoisotopic (exact) mass is 403 g/mol. The number of hydrogen-bond acceptors (Lipinski definition) is 7. The van der Waals surface area contributed by atoms with Crippen molar-refractivity contribution in [2.75, 3.05) is 19.5 Å². The minimum absolute atomic E-state index is 0.0848. The van der Waals surface area contributed by atoms with Gasteiger partial charge in [0.2, 0.25) is 5.95 Å². The summed E-state index contributed by atoms with van der Waals surface area (Å²) in [6.45, 7) is 0. The van der Waals surface area contributed by atoms with Crippen LogP contribution in [0.3, 0.4) is 0 Å². The number of carbonyl (C=O) groups excluding carboxylic acids is 1. The third kappa shape index (κ3) is 2.92. The van der Waals surface area contributed by atoms with E-state index in [1.807, 2.05) is 36.4 Å². The fourth-order valence-corrected chi connectivity index (χ4v) is 4.37. The minimum atomic E-state index is -0.462. The van der Waals surface area contributed by atoms with E-state index in [9.17, 15) is 4.79 Å². The van der Waals surface area contributed by atoms with Crippen LogP contribution in [0, 0.1) is 0 Å². The van der Waals surface area contributed by atoms with Crippen molar-refractivity contribution < 1.29 is 14.3 Å². The van der Waals surface area contributed by atoms with Crippen LogP contribution in [-0.2, 0) is 4.79 Å². The second kappa shape index (κ2) is 7.29. The number of ketones is 1. The average molecular weight is 403 g/mol. The first-order valence-electron chi connectivity index (χ1n) is 9.77. The quantitative estimate of drug-likeness (QED) is 0.716. The van der Waals surface area contributed by atoms with Crippen LogP contribution in [0.15, 0.2) is 59.8 Å². The van der Waals surface area contributed by atoms with E-state index in [0.29, 0.717) is 35.9 Å². The molecule has 2 atom stereocenters. The van der Waals surface area contributed by atoms with E-state index in [4.69, 9.17) is 9.47 Å². The van der Waals surface area contributed by atoms with Gasteiger partial charge in [-0.2, -0.15) is 4.68 Å². The van der Waals surface area contributed by atoms with E-state index >= 15 is 0 Å². The minimum Gasteiger partial charge on any atom is -0.497 e. The van der Waals surface area contributed by atoms with E-state index in [-0.39, 0.29) is 11.7 Å². The fraction of sp³-hybridized carbons (Fsp3) is 0.273. The van der Waals surface area contributed by atoms with Crippen molar-refractivity contribution in [2.45, 2.75) is 24.8 Å². The molecule has 2 aliphatic rings. The van der Waals surface area contributed by atoms with Gasteiger partial charge < -0.3 is 14.8 Å². The van der Waals surface area contributed by atoms with E-state index in [1.54, 1.807) is 18.9 Å². The first kappa shape index (κ1) is 18.4. The first-order chi connectivity index (χ1) is 14.7. The Morgan fingerprint density at radius 3 is 2.67 bits per heavy atom. The van der Waals surface area contributed by atoms with E-state index in [0.717, 1.165) is 16.8 Å². The van der Waals surface area contributed by atoms with Gasteiger partial charge in [-0.1, -0.05) is 35.4 Å². The molecule has 0 spiro atoms. The molecule has 5 rings (SSSR count). The molecule has 0 bridgehead atoms. The predicted octanol–water partition coefficient (Wildman–Crippen LogP) is 3.11. The van der Waals surface area contributed by atoms with Crippen molar-refractivity contribution >= 4 is 11.7 Å². The lowest BCUT2D eigenvalue weighted by atomic mass is 9.78. The normalized spacial score (nSPS) is 20.3. The topological polar surface area (TPSA) is 91.2 Å². The van der Waals surface area contributed by atoms with Gasteiger partial charge in [0.1, 0.15) is 17.5 Å². The molecule has 30 heavy (non-hydrogen) atoms. The Morgan fingerprint density at radius 1 is 1.07 bits per heavy atom. The van der Waals surface area contributed by atoms with Gasteiger partial charge in [0.15, 0.2) is 5.78 Å². The maximum Gasteiger partial charge on any atom is 0.248 e. The van der Waals surface area contributed by atoms with Crippen LogP contribution in [0.2, 0.25) is 0 Å². The molecule has 0 amide bonds. The molecule has 2 aromatic carbocycles. The number of anilines is 1. The lowest BCUT2D eigenvalue weighted by molar-refractivity contribution is -0.116. The summed E-state index contributed by atoms with van der Waals surface area (Å²) in [7, 11) is 3.21. The zero-order valence-corrected chi connectivity index (χ0v) is 16.7. The van der Waals surface area contributed by atoms with Gasteiger partial charge in [-0.25, -0.2) is 0 Å². The summed E-state index contributed by atoms with van der Waals surface area (Å²) in [5.74, 6) is 2.01. The fourth-order valence-electron chi connectivity index (χ4n) is 4.37. The van der Waals surface area contributed by atoms with Crippen LogP contribution in [-0.4, -0.2) is 40.2 Å². The molecule has 1 aliphatic carbocycles. The Labute approximate surface area is 173 Å². The summed E-state index contributed by atoms with van der Waals surface area (Å²) < 4.78 is 12.6. The highest BCUT2D eigenvalue weighted by Crippen LogP contribution is 2.45. The molecule has 1 aliphatic heterocycles. The predicted molar refractivity (Wildman–Crippen MR) is 110 cm³/mol. The number of aromatic nitrogens is 4. The lowest BCUT2D eigenvalue weighted by Gasteiger charge is -2.35. The molecule has 1 N–H and O–H groups in total. The molecular weight excluding hydrogens is 382 g/mol. The van der Waals surface area contributed by atoms with E-state index in [1.165, 1.54) is 0 Å². The number of Topliss-reactive ketones (excluding diaryl/α,β-unsaturated/α-hetero) is 1. The molecule has 0 unspecified atom stereocenters. The Bertz CT molecular complexity index is 1140. The van der Waals surface area contributed by atoms with Gasteiger partial charge >= 0.3 is 0 Å². The van der Waals surface area contributed by atoms with Crippen molar-refractivity contribution in [2.24, 2.45) is 0 Å². The number of hydrogen-bond donors (Lipinski definition) is 1. The number of rotatable bonds is 4. The average Bonchev–Trinajstić information content (AvgIpc) is 3.26. The number of carbonyl (C=O) groups is 1. The van der Waals surface area contributed by atoms with Gasteiger partial charge in [0.25, 0.3) is 0 Å². The molecule has 8 heteroatoms. The number of benzene rings is 2. The smallest absolute Gasteiger partial charge is 0.248 e. The maximum atomic E-state index is 13.4. The Kier molecular flexibility index (Phi) is 4.46. The Balaban J connectivity index is 1.63. The van der Waals surface area contributed by atoms with Gasteiger partial charge in [-0.15, -0.1) is 0 Å². The second-order valence-corrected chi connectivity index (χ2v) is 7.41. The Morgan fingerprint density at radius 2 is 1.90 bits per heavy atom. The number of tetrazole rings is 1. The SMILES string of the molecule is COc1ccc([C@H]2C3=C(C[C@@H](c4ccccc4)CC3=O)Nc3nnnn32)c(OC)c1. The van der Waals surface area contributed by atoms with Crippen molar-refractivity contribution in [3.05, 3.63) is 70.9 Å². The molecule has 0 fully saturated rings. The summed E-state index contributed by atoms with van der Waals surface area (Å²) in [6, 6.07) is 15.2. The summed E-state index contributed by atoms with van der Waals surface area (Å²) >= 11 is 0. The van der Waals surface area contributed by atoms with Crippen LogP contribution in [0.25, 0.3) is 0 Å². The van der Waals surface area contributed by atoms with Crippen LogP contribution >= 0.6 is 0 Å². The molecule has 0 saturated carbocycles. The highest BCUT2D eigenvalue weighted by atomic mass is 16.5. The summed E-state index contributed by atoms with van der Waals surface area (Å²) in [6.07, 6.45) is 1.16. The highest BCUT2D eigenvalue weighted by molar-refractivity contribution is 6.00. The summed E-state index contributed by atoms with van der Waals surface area (Å²) in [5, 5.41) is 15.4. The van der Waals surface area contributed by atoms with Crippen molar-refractivity contribution in [3.8, 4) is 11.5 Å². The molecule has 0 radical (unpaired) electrons. The first-order valence-corrected chi connectivity index (χ1v) is 9.77. The molecule has 1 aromatic heterocycles. The zero-order valence-electron chi connectivity index (χ0n) is 16.7. The van der Waals surface area contributed by atoms with Gasteiger partial charge in [-0.05, 0) is 40.5 Å². The van der Waals surface area contributed by atoms with Gasteiger partial charge in [0.05, 0.1) is 14.2 Å². The summed E-state index contributed by atoms with van der Waals surface area (Å²) in [5.41, 5.74) is 3.52. The number of methoxy groups -OCH3 is 2. The standard InChI is InChI=1S/C22H21N5O3/c1-29-15-8-9-16(19(12-15)30-2)21-20-17(23-22-24-25-26-27(21)22)10-14(11-18(20)28)13-6-4-3-5-7-13/h3-9,12,14,21H,10-11H2,1-2H3,(H,23,24,26)/t14-,21+/m1/s1. The number of allylic oxidation sites excluding steroid dienone is 2. The Hall–Kier alpha value is -3.68. The summed E-state index contributed by atoms with van der Waals surface area (Å²) in [4.78, 5) is 13.4. The van der Waals surface area contributed by atoms with Gasteiger partial charge in [-0.3, -0.25) is 4.79 Å². The van der Waals surface area contributed by atoms with Gasteiger partial charge in [0, 0.05) is 29.3 Å². The highest BCUT2D eigenvalue weighted by Gasteiger charge is 2.40. The number of ether oxygens (including phenoxy) is 2. The van der Waals surface area contributed by atoms with Crippen LogP contribution in [0.5, 0.6) is 11.5 Å². The molecule has 152 valence electrons. The van der Waals surface area contributed by atoms with Crippen molar-refractivity contribution in [1.29, 1.82) is 0 Å². The third-order valence-corrected chi connectivity index (χ3v) is 5.79. The zero-order chi connectivity index (χ0) is 20.7. The van der Waals surface area contributed by atoms with Crippen LogP contribution < -0.4 is 14.8 Å². The molecule has 2 heterocycles. The van der Waals surface area contributed by atoms with Crippen LogP contribution in [0.4, 0.5) is 5.95 Å². The molecule has 0 saturated heterocycles. The molecule has 8 nitrogen and oxygen atoms in total. The van der Waals surface area contributed by atoms with Crippen molar-refractivity contribution in [3.63, 3.8) is 0 Å². The maximum absolute atomic E-state index is 13.4. The van der Waals surface area contributed by atoms with Crippen LogP contribution in [0.1, 0.15) is 35.9 Å². The lowest BCUT2D eigenvalue weighted by Crippen LogP contribution is -2.33. The molecule has 3 aromatic rings.